The van der Waals surface area contributed by atoms with Crippen molar-refractivity contribution in [3.63, 3.8) is 0 Å². The smallest absolute Gasteiger partial charge is 0.309 e. The van der Waals surface area contributed by atoms with Gasteiger partial charge in [0.25, 0.3) is 0 Å². The number of benzene rings is 1. The van der Waals surface area contributed by atoms with E-state index < -0.39 is 17.9 Å². The summed E-state index contributed by atoms with van der Waals surface area (Å²) < 4.78 is 0. The van der Waals surface area contributed by atoms with E-state index in [1.807, 2.05) is 0 Å². The summed E-state index contributed by atoms with van der Waals surface area (Å²) in [5.74, 6) is -1.26. The van der Waals surface area contributed by atoms with Gasteiger partial charge in [0.1, 0.15) is 0 Å². The van der Waals surface area contributed by atoms with Crippen LogP contribution in [0.1, 0.15) is 30.9 Å². The van der Waals surface area contributed by atoms with Crippen molar-refractivity contribution in [2.75, 3.05) is 6.54 Å². The van der Waals surface area contributed by atoms with E-state index >= 15 is 0 Å². The molecule has 0 aliphatic heterocycles. The molecule has 0 spiro atoms. The van der Waals surface area contributed by atoms with Crippen LogP contribution >= 0.6 is 11.6 Å². The van der Waals surface area contributed by atoms with Gasteiger partial charge in [0.05, 0.1) is 6.10 Å². The fourth-order valence-electron chi connectivity index (χ4n) is 1.76. The highest BCUT2D eigenvalue weighted by Gasteiger charge is 2.26. The van der Waals surface area contributed by atoms with Crippen molar-refractivity contribution < 1.29 is 14.7 Å². The van der Waals surface area contributed by atoms with Crippen LogP contribution in [0.4, 0.5) is 0 Å². The van der Waals surface area contributed by atoms with Crippen molar-refractivity contribution in [3.05, 3.63) is 34.9 Å². The number of amides is 2. The summed E-state index contributed by atoms with van der Waals surface area (Å²) in [6.07, 6.45) is 1.47. The first kappa shape index (κ1) is 14.8. The summed E-state index contributed by atoms with van der Waals surface area (Å²) in [4.78, 5) is 22.8. The van der Waals surface area contributed by atoms with Crippen LogP contribution in [-0.2, 0) is 9.59 Å². The quantitative estimate of drug-likeness (QED) is 0.714. The Balaban J connectivity index is 1.71. The van der Waals surface area contributed by atoms with Crippen LogP contribution in [-0.4, -0.2) is 29.5 Å². The van der Waals surface area contributed by atoms with Crippen molar-refractivity contribution in [1.29, 1.82) is 0 Å². The Labute approximate surface area is 122 Å². The van der Waals surface area contributed by atoms with Gasteiger partial charge in [-0.2, -0.15) is 0 Å². The van der Waals surface area contributed by atoms with Crippen molar-refractivity contribution in [2.45, 2.75) is 31.4 Å². The Morgan fingerprint density at radius 1 is 1.35 bits per heavy atom. The molecule has 0 aromatic heterocycles. The summed E-state index contributed by atoms with van der Waals surface area (Å²) >= 11 is 5.84. The van der Waals surface area contributed by atoms with E-state index in [-0.39, 0.29) is 12.6 Å². The number of nitrogens with one attached hydrogen (secondary N) is 2. The molecule has 1 fully saturated rings. The molecule has 5 nitrogen and oxygen atoms in total. The molecular formula is C14H17ClN2O3. The minimum absolute atomic E-state index is 0.158. The van der Waals surface area contributed by atoms with Gasteiger partial charge >= 0.3 is 11.8 Å². The lowest BCUT2D eigenvalue weighted by molar-refractivity contribution is -0.139. The van der Waals surface area contributed by atoms with Crippen LogP contribution in [0.2, 0.25) is 5.02 Å². The molecule has 6 heteroatoms. The molecule has 1 aliphatic carbocycles. The Kier molecular flexibility index (Phi) is 4.98. The number of aliphatic hydroxyl groups excluding tert-OH is 1. The lowest BCUT2D eigenvalue weighted by atomic mass is 10.1. The van der Waals surface area contributed by atoms with Gasteiger partial charge in [0, 0.05) is 17.6 Å². The second-order valence-electron chi connectivity index (χ2n) is 4.86. The van der Waals surface area contributed by atoms with Crippen molar-refractivity contribution in [3.8, 4) is 0 Å². The molecule has 1 saturated carbocycles. The van der Waals surface area contributed by atoms with Gasteiger partial charge in [-0.05, 0) is 37.0 Å². The maximum atomic E-state index is 11.5. The van der Waals surface area contributed by atoms with Gasteiger partial charge in [-0.15, -0.1) is 0 Å². The van der Waals surface area contributed by atoms with Gasteiger partial charge in [0.2, 0.25) is 0 Å². The number of hydrogen-bond acceptors (Lipinski definition) is 3. The third-order valence-corrected chi connectivity index (χ3v) is 3.29. The molecule has 0 saturated heterocycles. The van der Waals surface area contributed by atoms with Crippen molar-refractivity contribution in [2.24, 2.45) is 0 Å². The number of carbonyl (C=O) groups is 2. The first-order valence-electron chi connectivity index (χ1n) is 6.58. The second kappa shape index (κ2) is 6.72. The SMILES string of the molecule is O=C(NCCC(O)c1cccc(Cl)c1)C(=O)NC1CC1. The zero-order valence-electron chi connectivity index (χ0n) is 10.9. The van der Waals surface area contributed by atoms with E-state index in [0.29, 0.717) is 17.0 Å². The van der Waals surface area contributed by atoms with E-state index in [1.54, 1.807) is 24.3 Å². The number of aliphatic hydroxyl groups is 1. The molecule has 0 heterocycles. The van der Waals surface area contributed by atoms with Crippen LogP contribution in [0.25, 0.3) is 0 Å². The van der Waals surface area contributed by atoms with Gasteiger partial charge < -0.3 is 15.7 Å². The average Bonchev–Trinajstić information content (AvgIpc) is 3.22. The van der Waals surface area contributed by atoms with Gasteiger partial charge in [-0.25, -0.2) is 0 Å². The normalized spacial score (nSPS) is 15.5. The molecule has 20 heavy (non-hydrogen) atoms. The minimum atomic E-state index is -0.722. The molecule has 0 bridgehead atoms. The topological polar surface area (TPSA) is 78.4 Å². The molecule has 2 amide bonds. The fraction of sp³-hybridized carbons (Fsp3) is 0.429. The number of rotatable bonds is 5. The number of carbonyl (C=O) groups excluding carboxylic acids is 2. The van der Waals surface area contributed by atoms with E-state index in [0.717, 1.165) is 12.8 Å². The molecule has 1 aromatic rings. The van der Waals surface area contributed by atoms with Gasteiger partial charge in [0.15, 0.2) is 0 Å². The minimum Gasteiger partial charge on any atom is -0.388 e. The highest BCUT2D eigenvalue weighted by Crippen LogP contribution is 2.20. The molecule has 3 N–H and O–H groups in total. The molecule has 0 radical (unpaired) electrons. The summed E-state index contributed by atoms with van der Waals surface area (Å²) in [7, 11) is 0. The maximum Gasteiger partial charge on any atom is 0.309 e. The van der Waals surface area contributed by atoms with E-state index in [2.05, 4.69) is 10.6 Å². The van der Waals surface area contributed by atoms with Crippen LogP contribution < -0.4 is 10.6 Å². The summed E-state index contributed by atoms with van der Waals surface area (Å²) in [6, 6.07) is 7.07. The van der Waals surface area contributed by atoms with E-state index in [4.69, 9.17) is 11.6 Å². The maximum absolute atomic E-state index is 11.5. The zero-order chi connectivity index (χ0) is 14.5. The van der Waals surface area contributed by atoms with Crippen molar-refractivity contribution in [1.82, 2.24) is 10.6 Å². The average molecular weight is 297 g/mol. The van der Waals surface area contributed by atoms with Gasteiger partial charge in [-0.3, -0.25) is 9.59 Å². The lowest BCUT2D eigenvalue weighted by Gasteiger charge is -2.12. The first-order chi connectivity index (χ1) is 9.56. The number of halogens is 1. The van der Waals surface area contributed by atoms with E-state index in [9.17, 15) is 14.7 Å². The largest absolute Gasteiger partial charge is 0.388 e. The molecule has 1 unspecified atom stereocenters. The lowest BCUT2D eigenvalue weighted by Crippen LogP contribution is -2.41. The standard InChI is InChI=1S/C14H17ClN2O3/c15-10-3-1-2-9(8-10)12(18)6-7-16-13(19)14(20)17-11-4-5-11/h1-3,8,11-12,18H,4-7H2,(H,16,19)(H,17,20). The fourth-order valence-corrected chi connectivity index (χ4v) is 1.96. The Hall–Kier alpha value is -1.59. The van der Waals surface area contributed by atoms with E-state index in [1.165, 1.54) is 0 Å². The Morgan fingerprint density at radius 3 is 2.75 bits per heavy atom. The monoisotopic (exact) mass is 296 g/mol. The molecule has 1 aliphatic rings. The molecular weight excluding hydrogens is 280 g/mol. The number of hydrogen-bond donors (Lipinski definition) is 3. The van der Waals surface area contributed by atoms with Gasteiger partial charge in [-0.1, -0.05) is 23.7 Å². The van der Waals surface area contributed by atoms with Crippen LogP contribution in [0.15, 0.2) is 24.3 Å². The summed E-state index contributed by atoms with van der Waals surface area (Å²) in [6.45, 7) is 0.227. The van der Waals surface area contributed by atoms with Crippen molar-refractivity contribution >= 4 is 23.4 Å². The molecule has 1 aromatic carbocycles. The zero-order valence-corrected chi connectivity index (χ0v) is 11.7. The first-order valence-corrected chi connectivity index (χ1v) is 6.96. The predicted octanol–water partition coefficient (Wildman–Crippen LogP) is 1.16. The molecule has 1 atom stereocenters. The highest BCUT2D eigenvalue weighted by atomic mass is 35.5. The predicted molar refractivity (Wildman–Crippen MR) is 75.2 cm³/mol. The van der Waals surface area contributed by atoms with Crippen LogP contribution in [0.5, 0.6) is 0 Å². The second-order valence-corrected chi connectivity index (χ2v) is 5.30. The van der Waals surface area contributed by atoms with Crippen LogP contribution in [0.3, 0.4) is 0 Å². The summed E-state index contributed by atoms with van der Waals surface area (Å²) in [5, 5.41) is 15.6. The third-order valence-electron chi connectivity index (χ3n) is 3.06. The Bertz CT molecular complexity index is 503. The third kappa shape index (κ3) is 4.51. The molecule has 108 valence electrons. The van der Waals surface area contributed by atoms with Crippen LogP contribution in [0, 0.1) is 0 Å². The molecule has 2 rings (SSSR count). The highest BCUT2D eigenvalue weighted by molar-refractivity contribution is 6.35. The Morgan fingerprint density at radius 2 is 2.10 bits per heavy atom. The summed E-state index contributed by atoms with van der Waals surface area (Å²) in [5.41, 5.74) is 0.689.